The van der Waals surface area contributed by atoms with Crippen molar-refractivity contribution >= 4 is 5.97 Å². The van der Waals surface area contributed by atoms with Crippen LogP contribution in [-0.2, 0) is 4.79 Å². The average molecular weight is 214 g/mol. The predicted octanol–water partition coefficient (Wildman–Crippen LogP) is 3.95. The zero-order valence-corrected chi connectivity index (χ0v) is 10.6. The van der Waals surface area contributed by atoms with Crippen LogP contribution >= 0.6 is 0 Å². The molecule has 0 spiro atoms. The van der Waals surface area contributed by atoms with Crippen molar-refractivity contribution in [3.8, 4) is 0 Å². The Labute approximate surface area is 94.1 Å². The van der Waals surface area contributed by atoms with Crippen molar-refractivity contribution in [2.24, 2.45) is 17.8 Å². The van der Waals surface area contributed by atoms with Crippen LogP contribution in [0.3, 0.4) is 0 Å². The molecular weight excluding hydrogens is 188 g/mol. The van der Waals surface area contributed by atoms with E-state index in [1.807, 2.05) is 0 Å². The molecule has 0 radical (unpaired) electrons. The smallest absolute Gasteiger partial charge is 0.303 e. The number of carboxylic acid groups (broad SMARTS) is 1. The molecule has 15 heavy (non-hydrogen) atoms. The first-order valence-electron chi connectivity index (χ1n) is 6.19. The van der Waals surface area contributed by atoms with Crippen LogP contribution in [0.5, 0.6) is 0 Å². The Morgan fingerprint density at radius 1 is 1.13 bits per heavy atom. The summed E-state index contributed by atoms with van der Waals surface area (Å²) >= 11 is 0. The fraction of sp³-hybridized carbons (Fsp3) is 0.923. The molecule has 0 amide bonds. The zero-order chi connectivity index (χ0) is 11.8. The standard InChI is InChI=1S/C13H26O2/c1-5-6-11(4)7-8-12(10(2)3)9-13(14)15/h10-12H,5-9H2,1-4H3,(H,14,15). The molecule has 0 rings (SSSR count). The number of rotatable bonds is 8. The van der Waals surface area contributed by atoms with Crippen LogP contribution in [0.4, 0.5) is 0 Å². The molecule has 2 nitrogen and oxygen atoms in total. The normalized spacial score (nSPS) is 15.3. The Balaban J connectivity index is 3.90. The van der Waals surface area contributed by atoms with Gasteiger partial charge < -0.3 is 5.11 Å². The Morgan fingerprint density at radius 2 is 1.73 bits per heavy atom. The fourth-order valence-electron chi connectivity index (χ4n) is 2.03. The van der Waals surface area contributed by atoms with Gasteiger partial charge in [0.15, 0.2) is 0 Å². The highest BCUT2D eigenvalue weighted by atomic mass is 16.4. The van der Waals surface area contributed by atoms with Gasteiger partial charge >= 0.3 is 5.97 Å². The number of carbonyl (C=O) groups is 1. The molecule has 0 heterocycles. The minimum atomic E-state index is -0.656. The maximum absolute atomic E-state index is 10.7. The molecule has 1 N–H and O–H groups in total. The highest BCUT2D eigenvalue weighted by Gasteiger charge is 2.17. The quantitative estimate of drug-likeness (QED) is 0.664. The summed E-state index contributed by atoms with van der Waals surface area (Å²) in [5.41, 5.74) is 0. The maximum atomic E-state index is 10.7. The van der Waals surface area contributed by atoms with Crippen LogP contribution in [0.2, 0.25) is 0 Å². The van der Waals surface area contributed by atoms with E-state index in [0.29, 0.717) is 18.3 Å². The molecule has 2 unspecified atom stereocenters. The van der Waals surface area contributed by atoms with E-state index in [4.69, 9.17) is 5.11 Å². The van der Waals surface area contributed by atoms with Gasteiger partial charge in [0.25, 0.3) is 0 Å². The monoisotopic (exact) mass is 214 g/mol. The largest absolute Gasteiger partial charge is 0.481 e. The number of aliphatic carboxylic acids is 1. The first-order chi connectivity index (χ1) is 6.97. The van der Waals surface area contributed by atoms with E-state index in [1.165, 1.54) is 19.3 Å². The van der Waals surface area contributed by atoms with Crippen molar-refractivity contribution in [2.45, 2.75) is 59.8 Å². The first-order valence-corrected chi connectivity index (χ1v) is 6.19. The minimum Gasteiger partial charge on any atom is -0.481 e. The van der Waals surface area contributed by atoms with Crippen molar-refractivity contribution in [3.05, 3.63) is 0 Å². The summed E-state index contributed by atoms with van der Waals surface area (Å²) in [6.45, 7) is 8.71. The minimum absolute atomic E-state index is 0.330. The SMILES string of the molecule is CCCC(C)CCC(CC(=O)O)C(C)C. The maximum Gasteiger partial charge on any atom is 0.303 e. The average Bonchev–Trinajstić information content (AvgIpc) is 2.11. The van der Waals surface area contributed by atoms with Crippen LogP contribution in [-0.4, -0.2) is 11.1 Å². The molecule has 0 aliphatic heterocycles. The van der Waals surface area contributed by atoms with Crippen LogP contribution in [0.1, 0.15) is 59.8 Å². The molecule has 0 bridgehead atoms. The lowest BCUT2D eigenvalue weighted by atomic mass is 9.85. The highest BCUT2D eigenvalue weighted by molar-refractivity contribution is 5.67. The molecule has 0 aliphatic carbocycles. The second kappa shape index (κ2) is 7.72. The molecule has 2 heteroatoms. The van der Waals surface area contributed by atoms with Crippen LogP contribution < -0.4 is 0 Å². The van der Waals surface area contributed by atoms with Gasteiger partial charge in [-0.3, -0.25) is 4.79 Å². The van der Waals surface area contributed by atoms with Crippen molar-refractivity contribution in [2.75, 3.05) is 0 Å². The molecule has 0 saturated carbocycles. The van der Waals surface area contributed by atoms with Gasteiger partial charge in [0, 0.05) is 6.42 Å². The molecule has 0 fully saturated rings. The molecule has 2 atom stereocenters. The van der Waals surface area contributed by atoms with Gasteiger partial charge in [0.1, 0.15) is 0 Å². The van der Waals surface area contributed by atoms with Crippen LogP contribution in [0.15, 0.2) is 0 Å². The second-order valence-corrected chi connectivity index (χ2v) is 5.07. The van der Waals surface area contributed by atoms with Crippen molar-refractivity contribution < 1.29 is 9.90 Å². The van der Waals surface area contributed by atoms with Crippen molar-refractivity contribution in [1.82, 2.24) is 0 Å². The third-order valence-electron chi connectivity index (χ3n) is 3.19. The molecule has 0 aromatic carbocycles. The van der Waals surface area contributed by atoms with Crippen LogP contribution in [0.25, 0.3) is 0 Å². The number of hydrogen-bond donors (Lipinski definition) is 1. The van der Waals surface area contributed by atoms with E-state index < -0.39 is 5.97 Å². The highest BCUT2D eigenvalue weighted by Crippen LogP contribution is 2.24. The van der Waals surface area contributed by atoms with Gasteiger partial charge in [0.2, 0.25) is 0 Å². The summed E-state index contributed by atoms with van der Waals surface area (Å²) in [6.07, 6.45) is 5.05. The lowest BCUT2D eigenvalue weighted by molar-refractivity contribution is -0.138. The van der Waals surface area contributed by atoms with Gasteiger partial charge in [-0.2, -0.15) is 0 Å². The van der Waals surface area contributed by atoms with Gasteiger partial charge in [-0.05, 0) is 24.2 Å². The first kappa shape index (κ1) is 14.5. The van der Waals surface area contributed by atoms with Gasteiger partial charge in [-0.15, -0.1) is 0 Å². The molecule has 90 valence electrons. The van der Waals surface area contributed by atoms with Gasteiger partial charge in [-0.25, -0.2) is 0 Å². The molecule has 0 aromatic rings. The Hall–Kier alpha value is -0.530. The topological polar surface area (TPSA) is 37.3 Å². The Morgan fingerprint density at radius 3 is 2.13 bits per heavy atom. The van der Waals surface area contributed by atoms with Crippen molar-refractivity contribution in [1.29, 1.82) is 0 Å². The summed E-state index contributed by atoms with van der Waals surface area (Å²) in [5.74, 6) is 0.915. The lowest BCUT2D eigenvalue weighted by Gasteiger charge is -2.20. The Bertz CT molecular complexity index is 175. The molecule has 0 aliphatic rings. The summed E-state index contributed by atoms with van der Waals surface area (Å²) in [7, 11) is 0. The van der Waals surface area contributed by atoms with E-state index in [0.717, 1.165) is 12.3 Å². The van der Waals surface area contributed by atoms with Gasteiger partial charge in [0.05, 0.1) is 0 Å². The summed E-state index contributed by atoms with van der Waals surface area (Å²) in [4.78, 5) is 10.7. The van der Waals surface area contributed by atoms with E-state index in [9.17, 15) is 4.79 Å². The van der Waals surface area contributed by atoms with Gasteiger partial charge in [-0.1, -0.05) is 47.0 Å². The third-order valence-corrected chi connectivity index (χ3v) is 3.19. The van der Waals surface area contributed by atoms with Crippen molar-refractivity contribution in [3.63, 3.8) is 0 Å². The zero-order valence-electron chi connectivity index (χ0n) is 10.6. The van der Waals surface area contributed by atoms with E-state index >= 15 is 0 Å². The van der Waals surface area contributed by atoms with E-state index in [-0.39, 0.29) is 0 Å². The lowest BCUT2D eigenvalue weighted by Crippen LogP contribution is -2.15. The summed E-state index contributed by atoms with van der Waals surface area (Å²) in [5, 5.41) is 8.80. The number of carboxylic acids is 1. The fourth-order valence-corrected chi connectivity index (χ4v) is 2.03. The number of hydrogen-bond acceptors (Lipinski definition) is 1. The third kappa shape index (κ3) is 7.40. The summed E-state index contributed by atoms with van der Waals surface area (Å²) < 4.78 is 0. The second-order valence-electron chi connectivity index (χ2n) is 5.07. The molecule has 0 aromatic heterocycles. The van der Waals surface area contributed by atoms with E-state index in [2.05, 4.69) is 27.7 Å². The predicted molar refractivity (Wildman–Crippen MR) is 63.9 cm³/mol. The molecule has 0 saturated heterocycles. The van der Waals surface area contributed by atoms with Crippen LogP contribution in [0, 0.1) is 17.8 Å². The molecular formula is C13H26O2. The summed E-state index contributed by atoms with van der Waals surface area (Å²) in [6, 6.07) is 0. The van der Waals surface area contributed by atoms with E-state index in [1.54, 1.807) is 0 Å². The Kier molecular flexibility index (Phi) is 7.45.